The van der Waals surface area contributed by atoms with Crippen LogP contribution in [-0.4, -0.2) is 6.54 Å². The topological polar surface area (TPSA) is 26.0 Å². The largest absolute Gasteiger partial charge is 0.330 e. The summed E-state index contributed by atoms with van der Waals surface area (Å²) in [6.45, 7) is 11.9. The molecule has 0 unspecified atom stereocenters. The van der Waals surface area contributed by atoms with Crippen molar-refractivity contribution in [1.29, 1.82) is 0 Å². The van der Waals surface area contributed by atoms with Gasteiger partial charge >= 0.3 is 0 Å². The molecule has 0 saturated heterocycles. The fraction of sp³-hybridized carbons (Fsp3) is 1.00. The molecule has 1 aliphatic rings. The Labute approximate surface area is 96.8 Å². The SMILES string of the molecule is CC.CC(C)(C)CCC1(CCN)CCC1. The van der Waals surface area contributed by atoms with Crippen LogP contribution in [0.3, 0.4) is 0 Å². The van der Waals surface area contributed by atoms with Crippen LogP contribution in [0.5, 0.6) is 0 Å². The molecule has 2 N–H and O–H groups in total. The molecule has 1 aliphatic carbocycles. The lowest BCUT2D eigenvalue weighted by molar-refractivity contribution is 0.0907. The van der Waals surface area contributed by atoms with E-state index in [-0.39, 0.29) is 0 Å². The van der Waals surface area contributed by atoms with Crippen LogP contribution in [0.1, 0.15) is 73.1 Å². The molecule has 1 nitrogen and oxygen atoms in total. The van der Waals surface area contributed by atoms with E-state index in [1.807, 2.05) is 13.8 Å². The van der Waals surface area contributed by atoms with Crippen LogP contribution in [0.2, 0.25) is 0 Å². The molecule has 1 rings (SSSR count). The zero-order valence-electron chi connectivity index (χ0n) is 11.5. The van der Waals surface area contributed by atoms with Crippen LogP contribution in [0.15, 0.2) is 0 Å². The van der Waals surface area contributed by atoms with Gasteiger partial charge < -0.3 is 5.73 Å². The first-order chi connectivity index (χ1) is 6.97. The summed E-state index contributed by atoms with van der Waals surface area (Å²) >= 11 is 0. The molecule has 1 fully saturated rings. The van der Waals surface area contributed by atoms with Gasteiger partial charge in [-0.15, -0.1) is 0 Å². The lowest BCUT2D eigenvalue weighted by Crippen LogP contribution is -2.32. The van der Waals surface area contributed by atoms with Gasteiger partial charge in [-0.2, -0.15) is 0 Å². The molecule has 15 heavy (non-hydrogen) atoms. The molecule has 0 spiro atoms. The molecular weight excluding hydrogens is 182 g/mol. The van der Waals surface area contributed by atoms with Gasteiger partial charge in [0.15, 0.2) is 0 Å². The van der Waals surface area contributed by atoms with Crippen molar-refractivity contribution >= 4 is 0 Å². The standard InChI is InChI=1S/C12H25N.C2H6/c1-11(2,3)7-8-12(9-10-13)5-4-6-12;1-2/h4-10,13H2,1-3H3;1-2H3. The van der Waals surface area contributed by atoms with E-state index in [4.69, 9.17) is 5.73 Å². The Morgan fingerprint density at radius 1 is 1.07 bits per heavy atom. The minimum Gasteiger partial charge on any atom is -0.330 e. The minimum absolute atomic E-state index is 0.497. The predicted molar refractivity (Wildman–Crippen MR) is 70.0 cm³/mol. The van der Waals surface area contributed by atoms with Crippen LogP contribution in [0.4, 0.5) is 0 Å². The predicted octanol–water partition coefficient (Wildman–Crippen LogP) is 4.36. The summed E-state index contributed by atoms with van der Waals surface area (Å²) in [5.74, 6) is 0. The summed E-state index contributed by atoms with van der Waals surface area (Å²) in [5, 5.41) is 0. The van der Waals surface area contributed by atoms with Crippen molar-refractivity contribution in [3.8, 4) is 0 Å². The first-order valence-electron chi connectivity index (χ1n) is 6.68. The summed E-state index contributed by atoms with van der Waals surface area (Å²) in [5.41, 5.74) is 6.82. The van der Waals surface area contributed by atoms with Crippen molar-refractivity contribution in [2.24, 2.45) is 16.6 Å². The zero-order valence-corrected chi connectivity index (χ0v) is 11.5. The van der Waals surface area contributed by atoms with Crippen molar-refractivity contribution in [3.63, 3.8) is 0 Å². The van der Waals surface area contributed by atoms with E-state index in [9.17, 15) is 0 Å². The Morgan fingerprint density at radius 2 is 1.60 bits per heavy atom. The van der Waals surface area contributed by atoms with Gasteiger partial charge in [0.05, 0.1) is 0 Å². The maximum absolute atomic E-state index is 5.66. The van der Waals surface area contributed by atoms with Gasteiger partial charge in [-0.25, -0.2) is 0 Å². The number of hydrogen-bond donors (Lipinski definition) is 1. The third-order valence-corrected chi connectivity index (χ3v) is 3.49. The highest BCUT2D eigenvalue weighted by molar-refractivity contribution is 4.88. The van der Waals surface area contributed by atoms with Gasteiger partial charge in [-0.1, -0.05) is 41.0 Å². The maximum atomic E-state index is 5.66. The molecule has 0 atom stereocenters. The molecule has 0 heterocycles. The van der Waals surface area contributed by atoms with E-state index in [1.165, 1.54) is 38.5 Å². The van der Waals surface area contributed by atoms with Gasteiger partial charge in [-0.05, 0) is 49.5 Å². The van der Waals surface area contributed by atoms with Crippen molar-refractivity contribution < 1.29 is 0 Å². The molecule has 0 aromatic carbocycles. The van der Waals surface area contributed by atoms with Gasteiger partial charge in [0.1, 0.15) is 0 Å². The summed E-state index contributed by atoms with van der Waals surface area (Å²) < 4.78 is 0. The Kier molecular flexibility index (Phi) is 6.51. The highest BCUT2D eigenvalue weighted by atomic mass is 14.6. The Bertz CT molecular complexity index is 151. The molecule has 1 saturated carbocycles. The average molecular weight is 213 g/mol. The van der Waals surface area contributed by atoms with Crippen molar-refractivity contribution in [2.45, 2.75) is 73.1 Å². The lowest BCUT2D eigenvalue weighted by Gasteiger charge is -2.43. The average Bonchev–Trinajstić information content (AvgIpc) is 2.11. The fourth-order valence-corrected chi connectivity index (χ4v) is 2.25. The highest BCUT2D eigenvalue weighted by Crippen LogP contribution is 2.48. The summed E-state index contributed by atoms with van der Waals surface area (Å²) in [6, 6.07) is 0. The zero-order chi connectivity index (χ0) is 11.9. The second-order valence-corrected chi connectivity index (χ2v) is 5.95. The first kappa shape index (κ1) is 15.0. The van der Waals surface area contributed by atoms with Gasteiger partial charge in [0.25, 0.3) is 0 Å². The third-order valence-electron chi connectivity index (χ3n) is 3.49. The molecule has 0 aromatic heterocycles. The first-order valence-corrected chi connectivity index (χ1v) is 6.68. The van der Waals surface area contributed by atoms with E-state index >= 15 is 0 Å². The minimum atomic E-state index is 0.497. The molecular formula is C14H31N. The molecule has 92 valence electrons. The summed E-state index contributed by atoms with van der Waals surface area (Å²) in [4.78, 5) is 0. The van der Waals surface area contributed by atoms with E-state index in [1.54, 1.807) is 0 Å². The summed E-state index contributed by atoms with van der Waals surface area (Å²) in [6.07, 6.45) is 8.30. The van der Waals surface area contributed by atoms with Gasteiger partial charge in [0.2, 0.25) is 0 Å². The third kappa shape index (κ3) is 5.55. The van der Waals surface area contributed by atoms with Crippen molar-refractivity contribution in [1.82, 2.24) is 0 Å². The quantitative estimate of drug-likeness (QED) is 0.738. The molecule has 0 aliphatic heterocycles. The molecule has 0 amide bonds. The summed E-state index contributed by atoms with van der Waals surface area (Å²) in [7, 11) is 0. The smallest absolute Gasteiger partial charge is 0.00720 e. The monoisotopic (exact) mass is 213 g/mol. The maximum Gasteiger partial charge on any atom is -0.00720 e. The second-order valence-electron chi connectivity index (χ2n) is 5.95. The fourth-order valence-electron chi connectivity index (χ4n) is 2.25. The van der Waals surface area contributed by atoms with Gasteiger partial charge in [-0.3, -0.25) is 0 Å². The van der Waals surface area contributed by atoms with E-state index in [0.29, 0.717) is 10.8 Å². The molecule has 1 heteroatoms. The normalized spacial score (nSPS) is 18.8. The molecule has 0 aromatic rings. The lowest BCUT2D eigenvalue weighted by atomic mass is 9.62. The van der Waals surface area contributed by atoms with Crippen LogP contribution in [-0.2, 0) is 0 Å². The molecule has 0 bridgehead atoms. The van der Waals surface area contributed by atoms with Crippen LogP contribution in [0, 0.1) is 10.8 Å². The van der Waals surface area contributed by atoms with Crippen molar-refractivity contribution in [2.75, 3.05) is 6.54 Å². The van der Waals surface area contributed by atoms with Crippen LogP contribution >= 0.6 is 0 Å². The van der Waals surface area contributed by atoms with E-state index in [0.717, 1.165) is 6.54 Å². The Balaban J connectivity index is 0.000000921. The number of hydrogen-bond acceptors (Lipinski definition) is 1. The highest BCUT2D eigenvalue weighted by Gasteiger charge is 2.36. The second kappa shape index (κ2) is 6.52. The molecule has 0 radical (unpaired) electrons. The van der Waals surface area contributed by atoms with Gasteiger partial charge in [0, 0.05) is 0 Å². The van der Waals surface area contributed by atoms with Crippen LogP contribution in [0.25, 0.3) is 0 Å². The van der Waals surface area contributed by atoms with Crippen LogP contribution < -0.4 is 5.73 Å². The number of rotatable bonds is 4. The number of nitrogens with two attached hydrogens (primary N) is 1. The Morgan fingerprint density at radius 3 is 1.87 bits per heavy atom. The van der Waals surface area contributed by atoms with E-state index < -0.39 is 0 Å². The van der Waals surface area contributed by atoms with Crippen molar-refractivity contribution in [3.05, 3.63) is 0 Å². The Hall–Kier alpha value is -0.0400. The van der Waals surface area contributed by atoms with E-state index in [2.05, 4.69) is 20.8 Å².